The summed E-state index contributed by atoms with van der Waals surface area (Å²) in [6.07, 6.45) is 17.4. The molecule has 0 heterocycles. The van der Waals surface area contributed by atoms with Crippen LogP contribution in [0.1, 0.15) is 165 Å². The van der Waals surface area contributed by atoms with Gasteiger partial charge in [-0.3, -0.25) is 9.59 Å². The number of hydrogen-bond donors (Lipinski definition) is 0. The average molecular weight is 816 g/mol. The third kappa shape index (κ3) is 18.5. The number of amides is 2. The van der Waals surface area contributed by atoms with Gasteiger partial charge in [0.25, 0.3) is 8.32 Å². The van der Waals surface area contributed by atoms with E-state index >= 15 is 0 Å². The van der Waals surface area contributed by atoms with E-state index in [2.05, 4.69) is 149 Å². The van der Waals surface area contributed by atoms with Crippen molar-refractivity contribution in [3.8, 4) is 0 Å². The van der Waals surface area contributed by atoms with Gasteiger partial charge in [-0.2, -0.15) is 0 Å². The molecule has 0 radical (unpaired) electrons. The SMILES string of the molecule is CCCCCCC(=O)N(CCCCCBr)C(C)C.CCCCCCC(=O)N(CCCCCO[Si](c1ccccc1)(c1ccccc1)C(C)(C)C)C(C)C. The lowest BCUT2D eigenvalue weighted by atomic mass is 10.1. The molecular weight excluding hydrogens is 737 g/mol. The van der Waals surface area contributed by atoms with Crippen molar-refractivity contribution in [3.05, 3.63) is 60.7 Å². The molecule has 0 fully saturated rings. The van der Waals surface area contributed by atoms with Gasteiger partial charge in [0.15, 0.2) is 0 Å². The predicted molar refractivity (Wildman–Crippen MR) is 236 cm³/mol. The van der Waals surface area contributed by atoms with Gasteiger partial charge in [0, 0.05) is 50.0 Å². The average Bonchev–Trinajstić information content (AvgIpc) is 3.13. The molecule has 0 unspecified atom stereocenters. The van der Waals surface area contributed by atoms with E-state index in [0.717, 1.165) is 76.4 Å². The van der Waals surface area contributed by atoms with Crippen LogP contribution in [0.4, 0.5) is 0 Å². The standard InChI is InChI=1S/C31H49NO2Si.C15H30BrNO/c1-7-8-9-17-24-30(33)32(27(2)3)25-18-12-19-26-34-35(31(4,5)6,28-20-13-10-14-21-28)29-22-15-11-16-23-29;1-4-5-6-8-11-15(18)17(14(2)3)13-10-7-9-12-16/h10-11,13-16,20-23,27H,7-9,12,17-19,24-26H2,1-6H3;14H,4-13H2,1-3H3. The third-order valence-corrected chi connectivity index (χ3v) is 15.8. The van der Waals surface area contributed by atoms with Crippen LogP contribution in [0.2, 0.25) is 5.04 Å². The summed E-state index contributed by atoms with van der Waals surface area (Å²) < 4.78 is 7.00. The molecule has 0 N–H and O–H groups in total. The summed E-state index contributed by atoms with van der Waals surface area (Å²) in [5.41, 5.74) is 0. The first kappa shape index (κ1) is 49.1. The van der Waals surface area contributed by atoms with Gasteiger partial charge in [-0.05, 0) is 88.1 Å². The van der Waals surface area contributed by atoms with Gasteiger partial charge in [0.1, 0.15) is 0 Å². The number of carbonyl (C=O) groups excluding carboxylic acids is 2. The molecule has 5 nitrogen and oxygen atoms in total. The molecule has 2 amide bonds. The van der Waals surface area contributed by atoms with Crippen LogP contribution in [0.5, 0.6) is 0 Å². The zero-order chi connectivity index (χ0) is 39.5. The molecule has 0 aliphatic rings. The van der Waals surface area contributed by atoms with E-state index in [0.29, 0.717) is 24.3 Å². The minimum Gasteiger partial charge on any atom is -0.407 e. The van der Waals surface area contributed by atoms with Gasteiger partial charge in [0.05, 0.1) is 0 Å². The molecule has 0 saturated carbocycles. The molecule has 0 aliphatic heterocycles. The zero-order valence-electron chi connectivity index (χ0n) is 35.6. The Balaban J connectivity index is 0.000000659. The second-order valence-corrected chi connectivity index (χ2v) is 21.4. The Kier molecular flexibility index (Phi) is 26.3. The monoisotopic (exact) mass is 815 g/mol. The lowest BCUT2D eigenvalue weighted by Crippen LogP contribution is -2.66. The largest absolute Gasteiger partial charge is 0.407 e. The molecule has 2 aromatic carbocycles. The van der Waals surface area contributed by atoms with E-state index in [1.165, 1.54) is 55.3 Å². The molecule has 302 valence electrons. The maximum absolute atomic E-state index is 12.7. The Morgan fingerprint density at radius 2 is 1.00 bits per heavy atom. The highest BCUT2D eigenvalue weighted by Crippen LogP contribution is 2.36. The minimum absolute atomic E-state index is 0.00828. The highest BCUT2D eigenvalue weighted by Gasteiger charge is 2.49. The molecule has 0 saturated heterocycles. The van der Waals surface area contributed by atoms with Gasteiger partial charge < -0.3 is 14.2 Å². The van der Waals surface area contributed by atoms with E-state index in [1.54, 1.807) is 0 Å². The van der Waals surface area contributed by atoms with Gasteiger partial charge in [-0.1, -0.05) is 156 Å². The minimum atomic E-state index is -2.45. The van der Waals surface area contributed by atoms with Gasteiger partial charge in [0.2, 0.25) is 11.8 Å². The first-order valence-corrected chi connectivity index (χ1v) is 24.3. The van der Waals surface area contributed by atoms with Gasteiger partial charge >= 0.3 is 0 Å². The number of nitrogens with zero attached hydrogens (tertiary/aromatic N) is 2. The van der Waals surface area contributed by atoms with Crippen LogP contribution < -0.4 is 10.4 Å². The zero-order valence-corrected chi connectivity index (χ0v) is 38.2. The van der Waals surface area contributed by atoms with Crippen molar-refractivity contribution >= 4 is 46.4 Å². The summed E-state index contributed by atoms with van der Waals surface area (Å²) >= 11 is 3.44. The molecule has 0 bridgehead atoms. The second kappa shape index (κ2) is 28.4. The Bertz CT molecular complexity index is 1160. The van der Waals surface area contributed by atoms with E-state index in [4.69, 9.17) is 4.43 Å². The van der Waals surface area contributed by atoms with Crippen molar-refractivity contribution in [1.82, 2.24) is 9.80 Å². The van der Waals surface area contributed by atoms with E-state index in [9.17, 15) is 9.59 Å². The fourth-order valence-electron chi connectivity index (χ4n) is 7.14. The van der Waals surface area contributed by atoms with Crippen LogP contribution in [0.25, 0.3) is 0 Å². The van der Waals surface area contributed by atoms with Crippen molar-refractivity contribution in [3.63, 3.8) is 0 Å². The summed E-state index contributed by atoms with van der Waals surface area (Å²) in [6, 6.07) is 22.3. The van der Waals surface area contributed by atoms with Crippen LogP contribution in [-0.2, 0) is 14.0 Å². The summed E-state index contributed by atoms with van der Waals surface area (Å²) in [6.45, 7) is 22.4. The Morgan fingerprint density at radius 1 is 0.604 bits per heavy atom. The van der Waals surface area contributed by atoms with Crippen molar-refractivity contribution in [2.24, 2.45) is 0 Å². The van der Waals surface area contributed by atoms with Crippen LogP contribution in [0, 0.1) is 0 Å². The molecule has 0 aromatic heterocycles. The number of alkyl halides is 1. The smallest absolute Gasteiger partial charge is 0.261 e. The molecule has 0 atom stereocenters. The van der Waals surface area contributed by atoms with Crippen LogP contribution in [0.3, 0.4) is 0 Å². The van der Waals surface area contributed by atoms with Crippen LogP contribution in [0.15, 0.2) is 60.7 Å². The van der Waals surface area contributed by atoms with Crippen molar-refractivity contribution in [2.45, 2.75) is 182 Å². The first-order chi connectivity index (χ1) is 25.4. The molecule has 0 aliphatic carbocycles. The Hall–Kier alpha value is -1.96. The van der Waals surface area contributed by atoms with Crippen LogP contribution >= 0.6 is 15.9 Å². The number of unbranched alkanes of at least 4 members (excludes halogenated alkanes) is 10. The second-order valence-electron chi connectivity index (χ2n) is 16.3. The maximum Gasteiger partial charge on any atom is 0.261 e. The van der Waals surface area contributed by atoms with E-state index < -0.39 is 8.32 Å². The molecular formula is C46H79BrN2O3Si. The molecule has 53 heavy (non-hydrogen) atoms. The topological polar surface area (TPSA) is 49.9 Å². The molecule has 2 aromatic rings. The lowest BCUT2D eigenvalue weighted by Gasteiger charge is -2.43. The predicted octanol–water partition coefficient (Wildman–Crippen LogP) is 11.7. The highest BCUT2D eigenvalue weighted by molar-refractivity contribution is 9.09. The molecule has 0 spiro atoms. The fraction of sp³-hybridized carbons (Fsp3) is 0.696. The molecule has 7 heteroatoms. The quantitative estimate of drug-likeness (QED) is 0.0540. The summed E-state index contributed by atoms with van der Waals surface area (Å²) in [5.74, 6) is 0.666. The number of carbonyl (C=O) groups is 2. The van der Waals surface area contributed by atoms with Crippen molar-refractivity contribution < 1.29 is 14.0 Å². The lowest BCUT2D eigenvalue weighted by molar-refractivity contribution is -0.134. The van der Waals surface area contributed by atoms with E-state index in [-0.39, 0.29) is 11.1 Å². The Labute approximate surface area is 336 Å². The first-order valence-electron chi connectivity index (χ1n) is 21.3. The Morgan fingerprint density at radius 3 is 1.36 bits per heavy atom. The van der Waals surface area contributed by atoms with Crippen molar-refractivity contribution in [1.29, 1.82) is 0 Å². The summed E-state index contributed by atoms with van der Waals surface area (Å²) in [5, 5.41) is 3.74. The normalized spacial score (nSPS) is 11.8. The third-order valence-electron chi connectivity index (χ3n) is 10.2. The number of halogens is 1. The van der Waals surface area contributed by atoms with Crippen molar-refractivity contribution in [2.75, 3.05) is 25.0 Å². The maximum atomic E-state index is 12.7. The van der Waals surface area contributed by atoms with E-state index in [1.807, 2.05) is 0 Å². The number of hydrogen-bond acceptors (Lipinski definition) is 3. The van der Waals surface area contributed by atoms with Gasteiger partial charge in [-0.15, -0.1) is 0 Å². The summed E-state index contributed by atoms with van der Waals surface area (Å²) in [7, 11) is -2.45. The van der Waals surface area contributed by atoms with Crippen LogP contribution in [-0.4, -0.2) is 67.0 Å². The number of rotatable bonds is 26. The summed E-state index contributed by atoms with van der Waals surface area (Å²) in [4.78, 5) is 29.0. The highest BCUT2D eigenvalue weighted by atomic mass is 79.9. The fourth-order valence-corrected chi connectivity index (χ4v) is 12.1. The van der Waals surface area contributed by atoms with Gasteiger partial charge in [-0.25, -0.2) is 0 Å². The molecule has 2 rings (SSSR count). The number of benzene rings is 2.